The molecule has 9 heteroatoms. The number of ether oxygens (including phenoxy) is 4. The Kier molecular flexibility index (Phi) is 6.60. The number of amides is 1. The highest BCUT2D eigenvalue weighted by molar-refractivity contribution is 9.10. The van der Waals surface area contributed by atoms with Crippen LogP contribution in [0.25, 0.3) is 11.3 Å². The van der Waals surface area contributed by atoms with Gasteiger partial charge in [-0.15, -0.1) is 11.3 Å². The third kappa shape index (κ3) is 4.46. The molecule has 0 unspecified atom stereocenters. The van der Waals surface area contributed by atoms with Crippen molar-refractivity contribution in [3.8, 4) is 34.3 Å². The Morgan fingerprint density at radius 3 is 2.41 bits per heavy atom. The third-order valence-corrected chi connectivity index (χ3v) is 5.45. The number of nitrogens with one attached hydrogen (secondary N) is 1. The van der Waals surface area contributed by atoms with Crippen molar-refractivity contribution in [1.82, 2.24) is 4.98 Å². The van der Waals surface area contributed by atoms with Crippen LogP contribution >= 0.6 is 27.3 Å². The zero-order valence-electron chi connectivity index (χ0n) is 16.2. The Morgan fingerprint density at radius 2 is 1.76 bits per heavy atom. The van der Waals surface area contributed by atoms with E-state index in [-0.39, 0.29) is 5.91 Å². The number of nitrogens with zero attached hydrogens (tertiary/aromatic N) is 1. The molecule has 1 amide bonds. The summed E-state index contributed by atoms with van der Waals surface area (Å²) >= 11 is 4.71. The lowest BCUT2D eigenvalue weighted by atomic mass is 10.1. The smallest absolute Gasteiger partial charge is 0.261 e. The maximum absolute atomic E-state index is 12.8. The Balaban J connectivity index is 1.86. The molecule has 1 heterocycles. The number of aromatic nitrogens is 1. The highest BCUT2D eigenvalue weighted by atomic mass is 79.9. The average molecular weight is 479 g/mol. The normalized spacial score (nSPS) is 10.4. The van der Waals surface area contributed by atoms with Gasteiger partial charge in [-0.1, -0.05) is 0 Å². The number of hydrogen-bond acceptors (Lipinski definition) is 7. The van der Waals surface area contributed by atoms with Gasteiger partial charge in [0.2, 0.25) is 0 Å². The molecule has 0 bridgehead atoms. The molecule has 1 aromatic heterocycles. The molecule has 0 spiro atoms. The minimum absolute atomic E-state index is 0.335. The maximum atomic E-state index is 12.8. The molecule has 0 aliphatic carbocycles. The van der Waals surface area contributed by atoms with Gasteiger partial charge in [0.25, 0.3) is 5.91 Å². The van der Waals surface area contributed by atoms with E-state index in [2.05, 4.69) is 26.2 Å². The number of thiazole rings is 1. The second-order valence-corrected chi connectivity index (χ2v) is 7.46. The number of carbonyl (C=O) groups excluding carboxylic acids is 1. The van der Waals surface area contributed by atoms with Gasteiger partial charge >= 0.3 is 0 Å². The molecular formula is C20H19BrN2O5S. The van der Waals surface area contributed by atoms with E-state index in [1.54, 1.807) is 26.4 Å². The molecule has 3 aromatic rings. The highest BCUT2D eigenvalue weighted by Crippen LogP contribution is 2.36. The van der Waals surface area contributed by atoms with Crippen LogP contribution in [0.1, 0.15) is 10.4 Å². The minimum atomic E-state index is -0.352. The summed E-state index contributed by atoms with van der Waals surface area (Å²) in [6.45, 7) is 0. The van der Waals surface area contributed by atoms with Crippen LogP contribution in [0.2, 0.25) is 0 Å². The fourth-order valence-electron chi connectivity index (χ4n) is 2.69. The summed E-state index contributed by atoms with van der Waals surface area (Å²) in [6.07, 6.45) is 0. The summed E-state index contributed by atoms with van der Waals surface area (Å²) in [7, 11) is 6.20. The molecular weight excluding hydrogens is 460 g/mol. The predicted molar refractivity (Wildman–Crippen MR) is 116 cm³/mol. The number of anilines is 1. The molecule has 0 saturated heterocycles. The number of rotatable bonds is 7. The van der Waals surface area contributed by atoms with Crippen LogP contribution in [0.4, 0.5) is 5.13 Å². The Morgan fingerprint density at radius 1 is 1.00 bits per heavy atom. The lowest BCUT2D eigenvalue weighted by Crippen LogP contribution is -2.13. The summed E-state index contributed by atoms with van der Waals surface area (Å²) < 4.78 is 21.8. The largest absolute Gasteiger partial charge is 0.497 e. The van der Waals surface area contributed by atoms with Crippen LogP contribution in [0.5, 0.6) is 23.0 Å². The fraction of sp³-hybridized carbons (Fsp3) is 0.200. The van der Waals surface area contributed by atoms with Crippen molar-refractivity contribution in [2.24, 2.45) is 0 Å². The minimum Gasteiger partial charge on any atom is -0.497 e. The molecule has 0 atom stereocenters. The second-order valence-electron chi connectivity index (χ2n) is 5.75. The van der Waals surface area contributed by atoms with Crippen molar-refractivity contribution in [3.63, 3.8) is 0 Å². The summed E-state index contributed by atoms with van der Waals surface area (Å²) in [6, 6.07) is 8.87. The van der Waals surface area contributed by atoms with E-state index < -0.39 is 0 Å². The van der Waals surface area contributed by atoms with Crippen LogP contribution in [0.15, 0.2) is 40.2 Å². The number of methoxy groups -OCH3 is 4. The van der Waals surface area contributed by atoms with Crippen molar-refractivity contribution in [2.75, 3.05) is 33.8 Å². The quantitative estimate of drug-likeness (QED) is 0.522. The first-order valence-corrected chi connectivity index (χ1v) is 10.1. The van der Waals surface area contributed by atoms with E-state index in [9.17, 15) is 4.79 Å². The summed E-state index contributed by atoms with van der Waals surface area (Å²) in [5.74, 6) is 1.84. The van der Waals surface area contributed by atoms with Crippen molar-refractivity contribution < 1.29 is 23.7 Å². The predicted octanol–water partition coefficient (Wildman–Crippen LogP) is 4.86. The first kappa shape index (κ1) is 20.9. The van der Waals surface area contributed by atoms with Crippen molar-refractivity contribution >= 4 is 38.3 Å². The van der Waals surface area contributed by atoms with Gasteiger partial charge in [-0.25, -0.2) is 4.98 Å². The summed E-state index contributed by atoms with van der Waals surface area (Å²) in [5, 5.41) is 5.12. The zero-order valence-corrected chi connectivity index (χ0v) is 18.6. The average Bonchev–Trinajstić information content (AvgIpc) is 3.20. The van der Waals surface area contributed by atoms with Crippen molar-refractivity contribution in [2.45, 2.75) is 0 Å². The van der Waals surface area contributed by atoms with E-state index >= 15 is 0 Å². The first-order chi connectivity index (χ1) is 14.0. The fourth-order valence-corrected chi connectivity index (χ4v) is 4.00. The van der Waals surface area contributed by atoms with Gasteiger partial charge in [0.05, 0.1) is 44.2 Å². The molecule has 29 heavy (non-hydrogen) atoms. The van der Waals surface area contributed by atoms with Crippen LogP contribution < -0.4 is 24.3 Å². The zero-order chi connectivity index (χ0) is 21.0. The Hall–Kier alpha value is -2.78. The Labute approximate surface area is 180 Å². The maximum Gasteiger partial charge on any atom is 0.261 e. The van der Waals surface area contributed by atoms with Crippen molar-refractivity contribution in [3.05, 3.63) is 45.7 Å². The van der Waals surface area contributed by atoms with E-state index in [0.29, 0.717) is 43.9 Å². The van der Waals surface area contributed by atoms with Crippen LogP contribution in [0, 0.1) is 0 Å². The molecule has 0 saturated carbocycles. The molecule has 3 rings (SSSR count). The van der Waals surface area contributed by atoms with E-state index in [1.165, 1.54) is 25.6 Å². The van der Waals surface area contributed by atoms with E-state index in [4.69, 9.17) is 18.9 Å². The van der Waals surface area contributed by atoms with E-state index in [0.717, 1.165) is 5.56 Å². The van der Waals surface area contributed by atoms with Gasteiger partial charge in [0.1, 0.15) is 11.5 Å². The summed E-state index contributed by atoms with van der Waals surface area (Å²) in [5.41, 5.74) is 1.90. The summed E-state index contributed by atoms with van der Waals surface area (Å²) in [4.78, 5) is 17.3. The lowest BCUT2D eigenvalue weighted by molar-refractivity contribution is 0.102. The lowest BCUT2D eigenvalue weighted by Gasteiger charge is -2.12. The van der Waals surface area contributed by atoms with Gasteiger partial charge in [-0.3, -0.25) is 10.1 Å². The number of halogens is 1. The highest BCUT2D eigenvalue weighted by Gasteiger charge is 2.19. The van der Waals surface area contributed by atoms with Gasteiger partial charge in [-0.2, -0.15) is 0 Å². The first-order valence-electron chi connectivity index (χ1n) is 8.41. The SMILES string of the molecule is COc1cc(Br)c(OC)c(C(=O)Nc2nc(-c3ccc(OC)c(OC)c3)cs2)c1. The van der Waals surface area contributed by atoms with E-state index in [1.807, 2.05) is 23.6 Å². The van der Waals surface area contributed by atoms with Gasteiger partial charge < -0.3 is 18.9 Å². The molecule has 1 N–H and O–H groups in total. The van der Waals surface area contributed by atoms with Crippen LogP contribution in [-0.2, 0) is 0 Å². The number of benzene rings is 2. The van der Waals surface area contributed by atoms with Gasteiger partial charge in [-0.05, 0) is 46.3 Å². The van der Waals surface area contributed by atoms with Crippen molar-refractivity contribution in [1.29, 1.82) is 0 Å². The van der Waals surface area contributed by atoms with Gasteiger partial charge in [0, 0.05) is 10.9 Å². The number of hydrogen-bond donors (Lipinski definition) is 1. The Bertz CT molecular complexity index is 1040. The molecule has 152 valence electrons. The molecule has 0 aliphatic rings. The molecule has 0 aliphatic heterocycles. The van der Waals surface area contributed by atoms with Crippen LogP contribution in [-0.4, -0.2) is 39.3 Å². The molecule has 0 radical (unpaired) electrons. The topological polar surface area (TPSA) is 78.9 Å². The molecule has 2 aromatic carbocycles. The third-order valence-electron chi connectivity index (χ3n) is 4.11. The standard InChI is InChI=1S/C20H19BrN2O5S/c1-25-12-8-13(18(28-4)14(21)9-12)19(24)23-20-22-15(10-29-20)11-5-6-16(26-2)17(7-11)27-3/h5-10H,1-4H3,(H,22,23,24). The van der Waals surface area contributed by atoms with Crippen LogP contribution in [0.3, 0.4) is 0 Å². The monoisotopic (exact) mass is 478 g/mol. The van der Waals surface area contributed by atoms with Gasteiger partial charge in [0.15, 0.2) is 16.6 Å². The second kappa shape index (κ2) is 9.15. The molecule has 7 nitrogen and oxygen atoms in total. The number of carbonyl (C=O) groups is 1. The molecule has 0 fully saturated rings.